The first-order valence-electron chi connectivity index (χ1n) is 9.51. The van der Waals surface area contributed by atoms with Crippen molar-refractivity contribution in [3.05, 3.63) is 48.0 Å². The van der Waals surface area contributed by atoms with Gasteiger partial charge in [0.1, 0.15) is 19.0 Å². The first kappa shape index (κ1) is 19.9. The Kier molecular flexibility index (Phi) is 5.69. The fraction of sp³-hybridized carbons (Fsp3) is 0.333. The van der Waals surface area contributed by atoms with Crippen LogP contribution < -0.4 is 24.4 Å². The summed E-state index contributed by atoms with van der Waals surface area (Å²) in [5.41, 5.74) is 1.06. The molecule has 0 radical (unpaired) electrons. The van der Waals surface area contributed by atoms with Crippen molar-refractivity contribution in [1.29, 1.82) is 0 Å². The van der Waals surface area contributed by atoms with Crippen LogP contribution in [-0.4, -0.2) is 38.2 Å². The van der Waals surface area contributed by atoms with Crippen LogP contribution in [0.15, 0.2) is 42.5 Å². The Morgan fingerprint density at radius 1 is 1.17 bits per heavy atom. The molecule has 2 aromatic rings. The molecule has 2 aliphatic heterocycles. The third-order valence-corrected chi connectivity index (χ3v) is 4.97. The molecule has 0 aliphatic carbocycles. The predicted octanol–water partition coefficient (Wildman–Crippen LogP) is 2.73. The molecule has 9 heteroatoms. The first-order valence-corrected chi connectivity index (χ1v) is 9.51. The van der Waals surface area contributed by atoms with Crippen molar-refractivity contribution in [3.8, 4) is 17.2 Å². The second kappa shape index (κ2) is 8.56. The van der Waals surface area contributed by atoms with Gasteiger partial charge in [-0.15, -0.1) is 0 Å². The van der Waals surface area contributed by atoms with Crippen LogP contribution in [0.5, 0.6) is 17.2 Å². The highest BCUT2D eigenvalue weighted by molar-refractivity contribution is 6.00. The zero-order valence-corrected chi connectivity index (χ0v) is 16.0. The highest BCUT2D eigenvalue weighted by Gasteiger charge is 2.35. The summed E-state index contributed by atoms with van der Waals surface area (Å²) < 4.78 is 40.6. The van der Waals surface area contributed by atoms with E-state index < -0.39 is 12.5 Å². The highest BCUT2D eigenvalue weighted by atomic mass is 19.3. The van der Waals surface area contributed by atoms with Crippen LogP contribution in [0.25, 0.3) is 0 Å². The van der Waals surface area contributed by atoms with Crippen LogP contribution in [0.3, 0.4) is 0 Å². The zero-order chi connectivity index (χ0) is 21.1. The molecule has 1 fully saturated rings. The second-order valence-electron chi connectivity index (χ2n) is 6.94. The van der Waals surface area contributed by atoms with Gasteiger partial charge in [0.05, 0.1) is 5.92 Å². The molecule has 158 valence electrons. The fourth-order valence-corrected chi connectivity index (χ4v) is 3.52. The molecule has 7 nitrogen and oxygen atoms in total. The molecule has 2 aromatic carbocycles. The molecular weight excluding hydrogens is 398 g/mol. The summed E-state index contributed by atoms with van der Waals surface area (Å²) in [5, 5.41) is 2.71. The van der Waals surface area contributed by atoms with Gasteiger partial charge in [-0.05, 0) is 18.2 Å². The van der Waals surface area contributed by atoms with Gasteiger partial charge in [0.25, 0.3) is 0 Å². The Balaban J connectivity index is 1.39. The molecule has 0 saturated carbocycles. The maximum atomic E-state index is 12.6. The minimum Gasteiger partial charge on any atom is -0.486 e. The molecule has 0 aromatic heterocycles. The van der Waals surface area contributed by atoms with Gasteiger partial charge in [-0.1, -0.05) is 18.2 Å². The summed E-state index contributed by atoms with van der Waals surface area (Å²) >= 11 is 0. The van der Waals surface area contributed by atoms with E-state index in [-0.39, 0.29) is 37.1 Å². The lowest BCUT2D eigenvalue weighted by Gasteiger charge is -2.22. The van der Waals surface area contributed by atoms with Crippen molar-refractivity contribution in [3.63, 3.8) is 0 Å². The van der Waals surface area contributed by atoms with Crippen molar-refractivity contribution in [2.45, 2.75) is 19.6 Å². The van der Waals surface area contributed by atoms with E-state index in [1.165, 1.54) is 11.0 Å². The van der Waals surface area contributed by atoms with Crippen molar-refractivity contribution in [2.75, 3.05) is 24.7 Å². The summed E-state index contributed by atoms with van der Waals surface area (Å²) in [7, 11) is 0. The van der Waals surface area contributed by atoms with Gasteiger partial charge in [-0.3, -0.25) is 9.59 Å². The predicted molar refractivity (Wildman–Crippen MR) is 103 cm³/mol. The topological polar surface area (TPSA) is 77.1 Å². The summed E-state index contributed by atoms with van der Waals surface area (Å²) in [6.45, 7) is -1.79. The highest BCUT2D eigenvalue weighted by Crippen LogP contribution is 2.36. The summed E-state index contributed by atoms with van der Waals surface area (Å²) in [6.07, 6.45) is 0.0649. The molecule has 1 unspecified atom stereocenters. The molecular formula is C21H20F2N2O5. The SMILES string of the molecule is O=C(NCc1ccccc1OC(F)F)C1CC(=O)N(c2ccc3c(c2)OCCO3)C1. The van der Waals surface area contributed by atoms with Crippen molar-refractivity contribution in [1.82, 2.24) is 5.32 Å². The van der Waals surface area contributed by atoms with Gasteiger partial charge in [0.2, 0.25) is 11.8 Å². The largest absolute Gasteiger partial charge is 0.486 e. The minimum atomic E-state index is -2.95. The van der Waals surface area contributed by atoms with Crippen LogP contribution in [0.2, 0.25) is 0 Å². The van der Waals surface area contributed by atoms with E-state index in [4.69, 9.17) is 9.47 Å². The Labute approximate surface area is 171 Å². The Hall–Kier alpha value is -3.36. The number of carbonyl (C=O) groups is 2. The fourth-order valence-electron chi connectivity index (χ4n) is 3.52. The second-order valence-corrected chi connectivity index (χ2v) is 6.94. The number of nitrogens with zero attached hydrogens (tertiary/aromatic N) is 1. The summed E-state index contributed by atoms with van der Waals surface area (Å²) in [5.74, 6) is 0.149. The summed E-state index contributed by atoms with van der Waals surface area (Å²) in [4.78, 5) is 26.6. The third-order valence-electron chi connectivity index (χ3n) is 4.97. The molecule has 4 rings (SSSR count). The minimum absolute atomic E-state index is 0.00760. The molecule has 1 saturated heterocycles. The van der Waals surface area contributed by atoms with E-state index in [1.807, 2.05) is 0 Å². The maximum Gasteiger partial charge on any atom is 0.387 e. The number of nitrogens with one attached hydrogen (secondary N) is 1. The van der Waals surface area contributed by atoms with Crippen LogP contribution in [-0.2, 0) is 16.1 Å². The summed E-state index contributed by atoms with van der Waals surface area (Å²) in [6, 6.07) is 11.5. The number of benzene rings is 2. The molecule has 30 heavy (non-hydrogen) atoms. The van der Waals surface area contributed by atoms with E-state index in [1.54, 1.807) is 36.4 Å². The average Bonchev–Trinajstić information content (AvgIpc) is 3.14. The lowest BCUT2D eigenvalue weighted by Crippen LogP contribution is -2.32. The van der Waals surface area contributed by atoms with E-state index >= 15 is 0 Å². The number of carbonyl (C=O) groups excluding carboxylic acids is 2. The number of rotatable bonds is 6. The number of fused-ring (bicyclic) bond motifs is 1. The van der Waals surface area contributed by atoms with E-state index in [0.717, 1.165) is 0 Å². The number of para-hydroxylation sites is 1. The van der Waals surface area contributed by atoms with Crippen LogP contribution in [0, 0.1) is 5.92 Å². The lowest BCUT2D eigenvalue weighted by atomic mass is 10.1. The molecule has 2 aliphatic rings. The third kappa shape index (κ3) is 4.29. The van der Waals surface area contributed by atoms with Gasteiger partial charge in [0.15, 0.2) is 11.5 Å². The average molecular weight is 418 g/mol. The molecule has 2 heterocycles. The van der Waals surface area contributed by atoms with E-state index in [9.17, 15) is 18.4 Å². The molecule has 1 atom stereocenters. The van der Waals surface area contributed by atoms with Gasteiger partial charge in [-0.2, -0.15) is 8.78 Å². The van der Waals surface area contributed by atoms with E-state index in [0.29, 0.717) is 36.0 Å². The van der Waals surface area contributed by atoms with Crippen molar-refractivity contribution < 1.29 is 32.6 Å². The quantitative estimate of drug-likeness (QED) is 0.781. The number of hydrogen-bond donors (Lipinski definition) is 1. The normalized spacial score (nSPS) is 17.9. The smallest absolute Gasteiger partial charge is 0.387 e. The number of hydrogen-bond acceptors (Lipinski definition) is 5. The number of anilines is 1. The van der Waals surface area contributed by atoms with E-state index in [2.05, 4.69) is 10.1 Å². The monoisotopic (exact) mass is 418 g/mol. The zero-order valence-electron chi connectivity index (χ0n) is 16.0. The molecule has 1 N–H and O–H groups in total. The number of alkyl halides is 2. The van der Waals surface area contributed by atoms with Gasteiger partial charge >= 0.3 is 6.61 Å². The van der Waals surface area contributed by atoms with Gasteiger partial charge < -0.3 is 24.4 Å². The molecule has 0 spiro atoms. The molecule has 0 bridgehead atoms. The van der Waals surface area contributed by atoms with Gasteiger partial charge in [-0.25, -0.2) is 0 Å². The van der Waals surface area contributed by atoms with Crippen LogP contribution in [0.4, 0.5) is 14.5 Å². The van der Waals surface area contributed by atoms with Gasteiger partial charge in [0, 0.05) is 36.8 Å². The van der Waals surface area contributed by atoms with Crippen LogP contribution >= 0.6 is 0 Å². The number of ether oxygens (including phenoxy) is 3. The Bertz CT molecular complexity index is 953. The first-order chi connectivity index (χ1) is 14.5. The van der Waals surface area contributed by atoms with Crippen molar-refractivity contribution >= 4 is 17.5 Å². The lowest BCUT2D eigenvalue weighted by molar-refractivity contribution is -0.126. The maximum absolute atomic E-state index is 12.6. The Morgan fingerprint density at radius 2 is 1.93 bits per heavy atom. The molecule has 2 amide bonds. The number of amides is 2. The number of halogens is 2. The standard InChI is InChI=1S/C21H20F2N2O5/c22-21(23)30-16-4-2-1-3-13(16)11-24-20(27)14-9-19(26)25(12-14)15-5-6-17-18(10-15)29-8-7-28-17/h1-6,10,14,21H,7-9,11-12H2,(H,24,27). The van der Waals surface area contributed by atoms with Crippen LogP contribution in [0.1, 0.15) is 12.0 Å². The van der Waals surface area contributed by atoms with Crippen molar-refractivity contribution in [2.24, 2.45) is 5.92 Å². The Morgan fingerprint density at radius 3 is 2.73 bits per heavy atom.